The third kappa shape index (κ3) is 2.74. The highest BCUT2D eigenvalue weighted by Gasteiger charge is 2.14. The molecule has 0 aromatic carbocycles. The summed E-state index contributed by atoms with van der Waals surface area (Å²) in [5, 5.41) is 14.4. The monoisotopic (exact) mass is 234 g/mol. The molecule has 1 N–H and O–H groups in total. The Morgan fingerprint density at radius 3 is 2.94 bits per heavy atom. The van der Waals surface area contributed by atoms with Gasteiger partial charge in [-0.15, -0.1) is 0 Å². The SMILES string of the molecule is CCCn1cncc1C(O)Cc1ccn(C)n1. The van der Waals surface area contributed by atoms with Crippen LogP contribution < -0.4 is 0 Å². The van der Waals surface area contributed by atoms with E-state index in [4.69, 9.17) is 0 Å². The summed E-state index contributed by atoms with van der Waals surface area (Å²) in [5.74, 6) is 0. The Labute approximate surface area is 101 Å². The molecule has 0 amide bonds. The minimum Gasteiger partial charge on any atom is -0.386 e. The first-order chi connectivity index (χ1) is 8.20. The number of aliphatic hydroxyl groups is 1. The fraction of sp³-hybridized carbons (Fsp3) is 0.500. The minimum absolute atomic E-state index is 0.524. The summed E-state index contributed by atoms with van der Waals surface area (Å²) in [7, 11) is 1.87. The van der Waals surface area contributed by atoms with E-state index in [1.165, 1.54) is 0 Å². The topological polar surface area (TPSA) is 55.9 Å². The molecule has 0 fully saturated rings. The molecule has 0 saturated heterocycles. The lowest BCUT2D eigenvalue weighted by Gasteiger charge is -2.12. The van der Waals surface area contributed by atoms with E-state index < -0.39 is 6.10 Å². The summed E-state index contributed by atoms with van der Waals surface area (Å²) in [5.41, 5.74) is 1.75. The third-order valence-corrected chi connectivity index (χ3v) is 2.72. The maximum atomic E-state index is 10.2. The van der Waals surface area contributed by atoms with Gasteiger partial charge in [0.2, 0.25) is 0 Å². The molecule has 2 aromatic rings. The van der Waals surface area contributed by atoms with E-state index in [-0.39, 0.29) is 0 Å². The maximum absolute atomic E-state index is 10.2. The van der Waals surface area contributed by atoms with Crippen LogP contribution in [0.25, 0.3) is 0 Å². The summed E-state index contributed by atoms with van der Waals surface area (Å²) < 4.78 is 3.74. The van der Waals surface area contributed by atoms with Crippen molar-refractivity contribution < 1.29 is 5.11 Å². The van der Waals surface area contributed by atoms with E-state index in [1.807, 2.05) is 23.9 Å². The van der Waals surface area contributed by atoms with Gasteiger partial charge in [0.15, 0.2) is 0 Å². The van der Waals surface area contributed by atoms with Crippen molar-refractivity contribution >= 4 is 0 Å². The van der Waals surface area contributed by atoms with Gasteiger partial charge in [-0.25, -0.2) is 4.98 Å². The Bertz CT molecular complexity index is 474. The second kappa shape index (κ2) is 5.14. The Balaban J connectivity index is 2.08. The van der Waals surface area contributed by atoms with E-state index in [1.54, 1.807) is 17.2 Å². The standard InChI is InChI=1S/C12H18N4O/c1-3-5-16-9-13-8-11(16)12(17)7-10-4-6-15(2)14-10/h4,6,8-9,12,17H,3,5,7H2,1-2H3. The normalized spacial score (nSPS) is 12.9. The van der Waals surface area contributed by atoms with Crippen molar-refractivity contribution in [2.75, 3.05) is 0 Å². The Kier molecular flexibility index (Phi) is 3.58. The van der Waals surface area contributed by atoms with Gasteiger partial charge in [-0.1, -0.05) is 6.92 Å². The Morgan fingerprint density at radius 2 is 2.29 bits per heavy atom. The molecular weight excluding hydrogens is 216 g/mol. The molecule has 0 radical (unpaired) electrons. The van der Waals surface area contributed by atoms with Gasteiger partial charge in [0.05, 0.1) is 23.9 Å². The van der Waals surface area contributed by atoms with Crippen molar-refractivity contribution in [3.05, 3.63) is 36.2 Å². The maximum Gasteiger partial charge on any atom is 0.101 e. The average molecular weight is 234 g/mol. The third-order valence-electron chi connectivity index (χ3n) is 2.72. The first-order valence-electron chi connectivity index (χ1n) is 5.87. The van der Waals surface area contributed by atoms with E-state index >= 15 is 0 Å². The van der Waals surface area contributed by atoms with Crippen LogP contribution in [0.15, 0.2) is 24.8 Å². The molecular formula is C12H18N4O. The summed E-state index contributed by atoms with van der Waals surface area (Å²) in [4.78, 5) is 4.09. The summed E-state index contributed by atoms with van der Waals surface area (Å²) in [6.07, 6.45) is 6.38. The van der Waals surface area contributed by atoms with Crippen LogP contribution in [0, 0.1) is 0 Å². The van der Waals surface area contributed by atoms with E-state index in [0.717, 1.165) is 24.4 Å². The lowest BCUT2D eigenvalue weighted by molar-refractivity contribution is 0.167. The molecule has 2 rings (SSSR count). The van der Waals surface area contributed by atoms with Crippen LogP contribution in [0.2, 0.25) is 0 Å². The number of hydrogen-bond acceptors (Lipinski definition) is 3. The molecule has 92 valence electrons. The van der Waals surface area contributed by atoms with Crippen molar-refractivity contribution in [2.24, 2.45) is 7.05 Å². The molecule has 0 aliphatic carbocycles. The van der Waals surface area contributed by atoms with Crippen molar-refractivity contribution in [1.29, 1.82) is 0 Å². The number of aromatic nitrogens is 4. The largest absolute Gasteiger partial charge is 0.386 e. The molecule has 2 aromatic heterocycles. The highest BCUT2D eigenvalue weighted by atomic mass is 16.3. The van der Waals surface area contributed by atoms with Crippen molar-refractivity contribution in [2.45, 2.75) is 32.4 Å². The number of aliphatic hydroxyl groups excluding tert-OH is 1. The van der Waals surface area contributed by atoms with Crippen molar-refractivity contribution in [3.8, 4) is 0 Å². The first kappa shape index (κ1) is 11.9. The van der Waals surface area contributed by atoms with Crippen LogP contribution in [0.1, 0.15) is 30.8 Å². The van der Waals surface area contributed by atoms with Crippen LogP contribution in [-0.2, 0) is 20.0 Å². The molecule has 1 atom stereocenters. The molecule has 1 unspecified atom stereocenters. The van der Waals surface area contributed by atoms with E-state index in [0.29, 0.717) is 6.42 Å². The van der Waals surface area contributed by atoms with Gasteiger partial charge in [-0.05, 0) is 12.5 Å². The zero-order chi connectivity index (χ0) is 12.3. The molecule has 0 aliphatic heterocycles. The van der Waals surface area contributed by atoms with Crippen molar-refractivity contribution in [1.82, 2.24) is 19.3 Å². The first-order valence-corrected chi connectivity index (χ1v) is 5.87. The predicted octanol–water partition coefficient (Wildman–Crippen LogP) is 1.30. The second-order valence-corrected chi connectivity index (χ2v) is 4.21. The summed E-state index contributed by atoms with van der Waals surface area (Å²) in [6.45, 7) is 2.99. The van der Waals surface area contributed by atoms with Gasteiger partial charge >= 0.3 is 0 Å². The molecule has 17 heavy (non-hydrogen) atoms. The highest BCUT2D eigenvalue weighted by molar-refractivity contribution is 5.08. The molecule has 5 nitrogen and oxygen atoms in total. The fourth-order valence-electron chi connectivity index (χ4n) is 1.91. The van der Waals surface area contributed by atoms with Crippen LogP contribution in [-0.4, -0.2) is 24.4 Å². The molecule has 0 spiro atoms. The number of nitrogens with zero attached hydrogens (tertiary/aromatic N) is 4. The Hall–Kier alpha value is -1.62. The quantitative estimate of drug-likeness (QED) is 0.848. The van der Waals surface area contributed by atoms with Crippen LogP contribution in [0.4, 0.5) is 0 Å². The number of imidazole rings is 1. The van der Waals surface area contributed by atoms with Crippen LogP contribution >= 0.6 is 0 Å². The van der Waals surface area contributed by atoms with Crippen molar-refractivity contribution in [3.63, 3.8) is 0 Å². The van der Waals surface area contributed by atoms with Gasteiger partial charge in [0.25, 0.3) is 0 Å². The molecule has 0 saturated carbocycles. The van der Waals surface area contributed by atoms with E-state index in [9.17, 15) is 5.11 Å². The fourth-order valence-corrected chi connectivity index (χ4v) is 1.91. The lowest BCUT2D eigenvalue weighted by atomic mass is 10.1. The lowest BCUT2D eigenvalue weighted by Crippen LogP contribution is -2.09. The summed E-state index contributed by atoms with van der Waals surface area (Å²) >= 11 is 0. The van der Waals surface area contributed by atoms with Crippen LogP contribution in [0.5, 0.6) is 0 Å². The van der Waals surface area contributed by atoms with Crippen LogP contribution in [0.3, 0.4) is 0 Å². The second-order valence-electron chi connectivity index (χ2n) is 4.21. The highest BCUT2D eigenvalue weighted by Crippen LogP contribution is 2.17. The summed E-state index contributed by atoms with van der Waals surface area (Å²) in [6, 6.07) is 1.92. The number of rotatable bonds is 5. The number of aryl methyl sites for hydroxylation is 2. The molecule has 2 heterocycles. The zero-order valence-corrected chi connectivity index (χ0v) is 10.2. The molecule has 5 heteroatoms. The van der Waals surface area contributed by atoms with Gasteiger partial charge in [-0.3, -0.25) is 4.68 Å². The van der Waals surface area contributed by atoms with E-state index in [2.05, 4.69) is 17.0 Å². The zero-order valence-electron chi connectivity index (χ0n) is 10.2. The average Bonchev–Trinajstić information content (AvgIpc) is 2.88. The molecule has 0 bridgehead atoms. The van der Waals surface area contributed by atoms with Gasteiger partial charge in [0, 0.05) is 26.2 Å². The Morgan fingerprint density at radius 1 is 1.47 bits per heavy atom. The smallest absolute Gasteiger partial charge is 0.101 e. The van der Waals surface area contributed by atoms with Gasteiger partial charge < -0.3 is 9.67 Å². The van der Waals surface area contributed by atoms with Gasteiger partial charge in [0.1, 0.15) is 6.10 Å². The molecule has 0 aliphatic rings. The van der Waals surface area contributed by atoms with Gasteiger partial charge in [-0.2, -0.15) is 5.10 Å². The number of hydrogen-bond donors (Lipinski definition) is 1. The predicted molar refractivity (Wildman–Crippen MR) is 64.4 cm³/mol. The minimum atomic E-state index is -0.543.